The molecule has 1 aromatic rings. The zero-order valence-corrected chi connectivity index (χ0v) is 14.3. The third-order valence-corrected chi connectivity index (χ3v) is 4.57. The predicted molar refractivity (Wildman–Crippen MR) is 86.5 cm³/mol. The molecule has 1 N–H and O–H groups in total. The third kappa shape index (κ3) is 3.69. The number of carbonyl (C=O) groups is 1. The maximum atomic E-state index is 11.8. The molecule has 4 nitrogen and oxygen atoms in total. The highest BCUT2D eigenvalue weighted by molar-refractivity contribution is 14.1. The highest BCUT2D eigenvalue weighted by Crippen LogP contribution is 2.32. The van der Waals surface area contributed by atoms with E-state index in [1.807, 2.05) is 45.2 Å². The Morgan fingerprint density at radius 3 is 2.50 bits per heavy atom. The van der Waals surface area contributed by atoms with Gasteiger partial charge in [-0.05, 0) is 70.9 Å². The first-order valence-corrected chi connectivity index (χ1v) is 7.97. The minimum Gasteiger partial charge on any atom is -0.352 e. The van der Waals surface area contributed by atoms with Crippen LogP contribution in [-0.4, -0.2) is 16.5 Å². The van der Waals surface area contributed by atoms with Gasteiger partial charge in [-0.25, -0.2) is 0 Å². The van der Waals surface area contributed by atoms with Gasteiger partial charge in [-0.3, -0.25) is 9.59 Å². The summed E-state index contributed by atoms with van der Waals surface area (Å²) < 4.78 is 3.05. The van der Waals surface area contributed by atoms with Crippen LogP contribution in [0.1, 0.15) is 19.8 Å². The molecule has 6 heteroatoms. The van der Waals surface area contributed by atoms with Crippen molar-refractivity contribution in [3.8, 4) is 0 Å². The van der Waals surface area contributed by atoms with Crippen molar-refractivity contribution in [2.45, 2.75) is 32.4 Å². The summed E-state index contributed by atoms with van der Waals surface area (Å²) in [5.41, 5.74) is 0.0270. The summed E-state index contributed by atoms with van der Waals surface area (Å²) in [7, 11) is 0. The first-order chi connectivity index (χ1) is 8.47. The molecule has 1 aromatic heterocycles. The highest BCUT2D eigenvalue weighted by Gasteiger charge is 2.28. The lowest BCUT2D eigenvalue weighted by Crippen LogP contribution is -2.36. The molecule has 1 unspecified atom stereocenters. The molecule has 1 atom stereocenters. The molecule has 1 aliphatic rings. The molecule has 2 rings (SSSR count). The highest BCUT2D eigenvalue weighted by atomic mass is 127. The smallest absolute Gasteiger partial charge is 0.240 e. The standard InChI is InChI=1S/C12H14I2N2O2/c1-7(8-2-3-8)15-11(17)6-16-4-9(13)12(18)10(14)5-16/h4-5,7-8H,2-3,6H2,1H3,(H,15,17). The number of aromatic nitrogens is 1. The van der Waals surface area contributed by atoms with Gasteiger partial charge in [-0.2, -0.15) is 0 Å². The van der Waals surface area contributed by atoms with E-state index in [4.69, 9.17) is 0 Å². The van der Waals surface area contributed by atoms with Crippen LogP contribution in [0.5, 0.6) is 0 Å². The van der Waals surface area contributed by atoms with Crippen molar-refractivity contribution in [2.24, 2.45) is 5.92 Å². The third-order valence-electron chi connectivity index (χ3n) is 3.04. The molecule has 1 heterocycles. The lowest BCUT2D eigenvalue weighted by Gasteiger charge is -2.14. The van der Waals surface area contributed by atoms with E-state index in [0.29, 0.717) is 13.1 Å². The van der Waals surface area contributed by atoms with E-state index in [1.54, 1.807) is 17.0 Å². The Bertz CT molecular complexity index is 497. The number of carbonyl (C=O) groups excluding carboxylic acids is 1. The second-order valence-corrected chi connectivity index (χ2v) is 6.97. The molecule has 0 aliphatic heterocycles. The van der Waals surface area contributed by atoms with Crippen molar-refractivity contribution in [3.05, 3.63) is 29.8 Å². The summed E-state index contributed by atoms with van der Waals surface area (Å²) in [5.74, 6) is 0.660. The van der Waals surface area contributed by atoms with Gasteiger partial charge in [0.05, 0.1) is 7.14 Å². The zero-order chi connectivity index (χ0) is 13.3. The molecule has 1 amide bonds. The molecule has 1 aliphatic carbocycles. The Kier molecular flexibility index (Phi) is 4.68. The first-order valence-electron chi connectivity index (χ1n) is 5.82. The molecule has 1 saturated carbocycles. The largest absolute Gasteiger partial charge is 0.352 e. The van der Waals surface area contributed by atoms with E-state index < -0.39 is 0 Å². The fourth-order valence-corrected chi connectivity index (χ4v) is 3.64. The molecule has 0 bridgehead atoms. The van der Waals surface area contributed by atoms with Crippen molar-refractivity contribution >= 4 is 51.1 Å². The predicted octanol–water partition coefficient (Wildman–Crippen LogP) is 1.97. The Morgan fingerprint density at radius 2 is 2.00 bits per heavy atom. The van der Waals surface area contributed by atoms with E-state index >= 15 is 0 Å². The van der Waals surface area contributed by atoms with E-state index in [0.717, 1.165) is 0 Å². The van der Waals surface area contributed by atoms with Crippen LogP contribution in [0.15, 0.2) is 17.2 Å². The molecular weight excluding hydrogens is 458 g/mol. The molecule has 98 valence electrons. The molecule has 0 aromatic carbocycles. The number of hydrogen-bond donors (Lipinski definition) is 1. The molecule has 0 spiro atoms. The maximum Gasteiger partial charge on any atom is 0.240 e. The number of hydrogen-bond acceptors (Lipinski definition) is 2. The zero-order valence-electron chi connectivity index (χ0n) is 9.95. The van der Waals surface area contributed by atoms with Crippen molar-refractivity contribution in [1.82, 2.24) is 9.88 Å². The average molecular weight is 472 g/mol. The Hall–Kier alpha value is -0.120. The molecule has 1 fully saturated rings. The summed E-state index contributed by atoms with van der Waals surface area (Å²) in [4.78, 5) is 23.4. The van der Waals surface area contributed by atoms with Gasteiger partial charge in [0.15, 0.2) is 0 Å². The summed E-state index contributed by atoms with van der Waals surface area (Å²) in [6.45, 7) is 2.32. The number of amides is 1. The fourth-order valence-electron chi connectivity index (χ4n) is 1.83. The normalized spacial score (nSPS) is 16.4. The first kappa shape index (κ1) is 14.3. The van der Waals surface area contributed by atoms with Gasteiger partial charge < -0.3 is 9.88 Å². The minimum absolute atomic E-state index is 0.00430. The van der Waals surface area contributed by atoms with Gasteiger partial charge in [0, 0.05) is 18.4 Å². The van der Waals surface area contributed by atoms with Gasteiger partial charge in [0.25, 0.3) is 0 Å². The maximum absolute atomic E-state index is 11.8. The number of nitrogens with zero attached hydrogens (tertiary/aromatic N) is 1. The summed E-state index contributed by atoms with van der Waals surface area (Å²) in [6.07, 6.45) is 5.86. The molecule has 18 heavy (non-hydrogen) atoms. The average Bonchev–Trinajstić information content (AvgIpc) is 3.09. The van der Waals surface area contributed by atoms with Crippen LogP contribution in [0.2, 0.25) is 0 Å². The van der Waals surface area contributed by atoms with Crippen LogP contribution < -0.4 is 10.7 Å². The molecular formula is C12H14I2N2O2. The van der Waals surface area contributed by atoms with Crippen molar-refractivity contribution in [1.29, 1.82) is 0 Å². The van der Waals surface area contributed by atoms with Crippen molar-refractivity contribution in [2.75, 3.05) is 0 Å². The van der Waals surface area contributed by atoms with Crippen LogP contribution in [0.4, 0.5) is 0 Å². The second kappa shape index (κ2) is 5.89. The fraction of sp³-hybridized carbons (Fsp3) is 0.500. The lowest BCUT2D eigenvalue weighted by atomic mass is 10.2. The molecule has 0 saturated heterocycles. The monoisotopic (exact) mass is 472 g/mol. The Morgan fingerprint density at radius 1 is 1.44 bits per heavy atom. The van der Waals surface area contributed by atoms with Gasteiger partial charge in [0.2, 0.25) is 11.3 Å². The van der Waals surface area contributed by atoms with Crippen LogP contribution in [-0.2, 0) is 11.3 Å². The number of rotatable bonds is 4. The van der Waals surface area contributed by atoms with Crippen molar-refractivity contribution in [3.63, 3.8) is 0 Å². The minimum atomic E-state index is 0.00430. The number of pyridine rings is 1. The summed E-state index contributed by atoms with van der Waals surface area (Å²) >= 11 is 4.00. The second-order valence-electron chi connectivity index (χ2n) is 4.65. The van der Waals surface area contributed by atoms with Crippen LogP contribution in [0.3, 0.4) is 0 Å². The molecule has 0 radical (unpaired) electrons. The van der Waals surface area contributed by atoms with Crippen LogP contribution in [0, 0.1) is 13.1 Å². The number of nitrogens with one attached hydrogen (secondary N) is 1. The van der Waals surface area contributed by atoms with E-state index in [9.17, 15) is 9.59 Å². The topological polar surface area (TPSA) is 51.1 Å². The van der Waals surface area contributed by atoms with Crippen molar-refractivity contribution < 1.29 is 4.79 Å². The van der Waals surface area contributed by atoms with E-state index in [1.165, 1.54) is 12.8 Å². The number of halogens is 2. The summed E-state index contributed by atoms with van der Waals surface area (Å²) in [6, 6.07) is 0.259. The Labute approximate surface area is 133 Å². The quantitative estimate of drug-likeness (QED) is 0.682. The van der Waals surface area contributed by atoms with Gasteiger partial charge in [-0.1, -0.05) is 0 Å². The van der Waals surface area contributed by atoms with Crippen LogP contribution >= 0.6 is 45.2 Å². The van der Waals surface area contributed by atoms with E-state index in [-0.39, 0.29) is 23.9 Å². The summed E-state index contributed by atoms with van der Waals surface area (Å²) in [5, 5.41) is 3.00. The SMILES string of the molecule is CC(NC(=O)Cn1cc(I)c(=O)c(I)c1)C1CC1. The van der Waals surface area contributed by atoms with Gasteiger partial charge >= 0.3 is 0 Å². The van der Waals surface area contributed by atoms with Crippen LogP contribution in [0.25, 0.3) is 0 Å². The Balaban J connectivity index is 2.00. The lowest BCUT2D eigenvalue weighted by molar-refractivity contribution is -0.122. The van der Waals surface area contributed by atoms with E-state index in [2.05, 4.69) is 12.2 Å². The van der Waals surface area contributed by atoms with Gasteiger partial charge in [0.1, 0.15) is 6.54 Å². The van der Waals surface area contributed by atoms with Gasteiger partial charge in [-0.15, -0.1) is 0 Å².